The maximum absolute atomic E-state index is 11.1. The number of morpholine rings is 1. The molecule has 2 N–H and O–H groups in total. The molecule has 0 aliphatic carbocycles. The lowest BCUT2D eigenvalue weighted by Gasteiger charge is -2.28. The number of benzene rings is 1. The number of aldehydes is 1. The van der Waals surface area contributed by atoms with Gasteiger partial charge in [0.1, 0.15) is 0 Å². The van der Waals surface area contributed by atoms with Gasteiger partial charge in [-0.1, -0.05) is 0 Å². The fourth-order valence-electron chi connectivity index (χ4n) is 1.73. The van der Waals surface area contributed by atoms with Crippen molar-refractivity contribution in [1.82, 2.24) is 0 Å². The van der Waals surface area contributed by atoms with Gasteiger partial charge in [-0.25, -0.2) is 0 Å². The van der Waals surface area contributed by atoms with Crippen molar-refractivity contribution < 1.29 is 19.8 Å². The molecule has 1 aromatic carbocycles. The summed E-state index contributed by atoms with van der Waals surface area (Å²) in [4.78, 5) is 23.6. The van der Waals surface area contributed by atoms with Gasteiger partial charge in [0.15, 0.2) is 6.29 Å². The Morgan fingerprint density at radius 2 is 1.76 bits per heavy atom. The molecule has 0 aromatic heterocycles. The first-order valence-corrected chi connectivity index (χ1v) is 5.23. The van der Waals surface area contributed by atoms with Crippen LogP contribution in [-0.4, -0.2) is 43.8 Å². The zero-order valence-corrected chi connectivity index (χ0v) is 9.39. The molecular weight excluding hydrogens is 222 g/mol. The molecule has 17 heavy (non-hydrogen) atoms. The van der Waals surface area contributed by atoms with Crippen molar-refractivity contribution in [2.75, 3.05) is 31.2 Å². The third-order valence-electron chi connectivity index (χ3n) is 2.64. The van der Waals surface area contributed by atoms with Crippen LogP contribution in [0.25, 0.3) is 0 Å². The van der Waals surface area contributed by atoms with Crippen LogP contribution < -0.4 is 4.90 Å². The summed E-state index contributed by atoms with van der Waals surface area (Å²) in [5.74, 6) is -0.478. The van der Waals surface area contributed by atoms with Crippen LogP contribution >= 0.6 is 0 Å². The topological polar surface area (TPSA) is 78.1 Å². The van der Waals surface area contributed by atoms with Gasteiger partial charge in [0.05, 0.1) is 13.2 Å². The number of hydrogen-bond acceptors (Lipinski definition) is 4. The number of ketones is 1. The van der Waals surface area contributed by atoms with Crippen molar-refractivity contribution in [2.45, 2.75) is 0 Å². The zero-order chi connectivity index (χ0) is 11.4. The van der Waals surface area contributed by atoms with Crippen LogP contribution in [0.15, 0.2) is 24.3 Å². The fraction of sp³-hybridized carbons (Fsp3) is 0.333. The average molecular weight is 237 g/mol. The highest BCUT2D eigenvalue weighted by Gasteiger charge is 2.11. The molecular formula is C12H15NO4. The fourth-order valence-corrected chi connectivity index (χ4v) is 1.73. The number of carbonyl (C=O) groups excluding carboxylic acids is 2. The summed E-state index contributed by atoms with van der Waals surface area (Å²) >= 11 is 0. The number of anilines is 1. The Morgan fingerprint density at radius 3 is 2.29 bits per heavy atom. The first-order chi connectivity index (χ1) is 7.81. The lowest BCUT2D eigenvalue weighted by atomic mass is 10.1. The molecule has 0 radical (unpaired) electrons. The first-order valence-electron chi connectivity index (χ1n) is 5.23. The highest BCUT2D eigenvalue weighted by Crippen LogP contribution is 2.16. The van der Waals surface area contributed by atoms with Crippen LogP contribution in [0.1, 0.15) is 10.4 Å². The van der Waals surface area contributed by atoms with E-state index in [0.717, 1.165) is 32.0 Å². The van der Waals surface area contributed by atoms with Gasteiger partial charge in [-0.2, -0.15) is 0 Å². The second kappa shape index (κ2) is 6.12. The molecule has 0 unspecified atom stereocenters. The molecule has 1 heterocycles. The second-order valence-corrected chi connectivity index (χ2v) is 3.63. The summed E-state index contributed by atoms with van der Waals surface area (Å²) in [5, 5.41) is 0. The smallest absolute Gasteiger partial charge is 0.225 e. The highest BCUT2D eigenvalue weighted by atomic mass is 16.5. The van der Waals surface area contributed by atoms with E-state index in [0.29, 0.717) is 11.8 Å². The molecule has 1 aromatic rings. The summed E-state index contributed by atoms with van der Waals surface area (Å²) in [7, 11) is 0. The highest BCUT2D eigenvalue weighted by molar-refractivity contribution is 6.33. The number of nitrogens with zero attached hydrogens (tertiary/aromatic N) is 1. The maximum Gasteiger partial charge on any atom is 0.225 e. The lowest BCUT2D eigenvalue weighted by Crippen LogP contribution is -2.36. The number of rotatable bonds is 3. The average Bonchev–Trinajstić information content (AvgIpc) is 2.39. The standard InChI is InChI=1S/C12H13NO3.H2O/c14-9-12(15)10-1-3-11(4-2-10)13-5-7-16-8-6-13;/h1-4,9H,5-8H2;1H2. The van der Waals surface area contributed by atoms with Gasteiger partial charge in [-0.15, -0.1) is 0 Å². The third kappa shape index (κ3) is 3.12. The Labute approximate surface area is 99.3 Å². The van der Waals surface area contributed by atoms with Gasteiger partial charge in [0.2, 0.25) is 5.78 Å². The van der Waals surface area contributed by atoms with Crippen LogP contribution in [-0.2, 0) is 9.53 Å². The Hall–Kier alpha value is -1.72. The summed E-state index contributed by atoms with van der Waals surface area (Å²) in [6.07, 6.45) is 0.337. The van der Waals surface area contributed by atoms with Crippen molar-refractivity contribution in [1.29, 1.82) is 0 Å². The Morgan fingerprint density at radius 1 is 1.18 bits per heavy atom. The van der Waals surface area contributed by atoms with Crippen molar-refractivity contribution in [3.63, 3.8) is 0 Å². The third-order valence-corrected chi connectivity index (χ3v) is 2.64. The van der Waals surface area contributed by atoms with E-state index in [9.17, 15) is 9.59 Å². The minimum absolute atomic E-state index is 0. The molecule has 5 heteroatoms. The van der Waals surface area contributed by atoms with Gasteiger partial charge in [0.25, 0.3) is 0 Å². The molecule has 0 amide bonds. The Bertz CT molecular complexity index is 382. The van der Waals surface area contributed by atoms with Gasteiger partial charge in [-0.3, -0.25) is 9.59 Å². The molecule has 0 spiro atoms. The van der Waals surface area contributed by atoms with Crippen LogP contribution in [0.2, 0.25) is 0 Å². The minimum atomic E-state index is -0.478. The second-order valence-electron chi connectivity index (χ2n) is 3.63. The van der Waals surface area contributed by atoms with E-state index >= 15 is 0 Å². The van der Waals surface area contributed by atoms with Gasteiger partial charge in [-0.05, 0) is 24.3 Å². The van der Waals surface area contributed by atoms with E-state index in [4.69, 9.17) is 4.74 Å². The SMILES string of the molecule is O.O=CC(=O)c1ccc(N2CCOCC2)cc1. The van der Waals surface area contributed by atoms with E-state index in [1.807, 2.05) is 12.1 Å². The van der Waals surface area contributed by atoms with Crippen molar-refractivity contribution in [3.05, 3.63) is 29.8 Å². The minimum Gasteiger partial charge on any atom is -0.412 e. The van der Waals surface area contributed by atoms with Crippen LogP contribution in [0, 0.1) is 0 Å². The number of carbonyl (C=O) groups is 2. The molecule has 0 saturated carbocycles. The molecule has 1 fully saturated rings. The molecule has 1 aliphatic heterocycles. The van der Waals surface area contributed by atoms with Gasteiger partial charge in [0, 0.05) is 24.3 Å². The van der Waals surface area contributed by atoms with E-state index in [2.05, 4.69) is 4.90 Å². The number of hydrogen-bond donors (Lipinski definition) is 0. The first kappa shape index (κ1) is 13.3. The molecule has 1 aliphatic rings. The predicted molar refractivity (Wildman–Crippen MR) is 63.5 cm³/mol. The summed E-state index contributed by atoms with van der Waals surface area (Å²) in [5.41, 5.74) is 1.50. The molecule has 0 bridgehead atoms. The maximum atomic E-state index is 11.1. The van der Waals surface area contributed by atoms with Crippen molar-refractivity contribution in [2.24, 2.45) is 0 Å². The van der Waals surface area contributed by atoms with Crippen LogP contribution in [0.3, 0.4) is 0 Å². The summed E-state index contributed by atoms with van der Waals surface area (Å²) in [6, 6.07) is 7.09. The Kier molecular flexibility index (Phi) is 4.81. The van der Waals surface area contributed by atoms with Gasteiger partial charge >= 0.3 is 0 Å². The zero-order valence-electron chi connectivity index (χ0n) is 9.39. The van der Waals surface area contributed by atoms with E-state index < -0.39 is 5.78 Å². The largest absolute Gasteiger partial charge is 0.412 e. The molecule has 0 atom stereocenters. The van der Waals surface area contributed by atoms with E-state index in [1.165, 1.54) is 0 Å². The summed E-state index contributed by atoms with van der Waals surface area (Å²) < 4.78 is 5.26. The summed E-state index contributed by atoms with van der Waals surface area (Å²) in [6.45, 7) is 3.19. The predicted octanol–water partition coefficient (Wildman–Crippen LogP) is 0.0801. The normalized spacial score (nSPS) is 14.9. The molecule has 2 rings (SSSR count). The molecule has 1 saturated heterocycles. The molecule has 92 valence electrons. The van der Waals surface area contributed by atoms with Crippen molar-refractivity contribution in [3.8, 4) is 0 Å². The number of ether oxygens (including phenoxy) is 1. The van der Waals surface area contributed by atoms with E-state index in [-0.39, 0.29) is 5.48 Å². The number of Topliss-reactive ketones (excluding diaryl/α,β-unsaturated/α-hetero) is 1. The lowest BCUT2D eigenvalue weighted by molar-refractivity contribution is -0.104. The molecule has 5 nitrogen and oxygen atoms in total. The quantitative estimate of drug-likeness (QED) is 0.423. The van der Waals surface area contributed by atoms with Crippen LogP contribution in [0.4, 0.5) is 5.69 Å². The monoisotopic (exact) mass is 237 g/mol. The Balaban J connectivity index is 0.00000144. The van der Waals surface area contributed by atoms with E-state index in [1.54, 1.807) is 12.1 Å². The van der Waals surface area contributed by atoms with Crippen molar-refractivity contribution >= 4 is 17.8 Å². The van der Waals surface area contributed by atoms with Gasteiger partial charge < -0.3 is 15.1 Å². The van der Waals surface area contributed by atoms with Crippen LogP contribution in [0.5, 0.6) is 0 Å².